The van der Waals surface area contributed by atoms with E-state index in [2.05, 4.69) is 102 Å². The predicted molar refractivity (Wildman–Crippen MR) is 201 cm³/mol. The zero-order valence-corrected chi connectivity index (χ0v) is 26.5. The van der Waals surface area contributed by atoms with Gasteiger partial charge in [0.15, 0.2) is 17.5 Å². The number of fused-ring (bicyclic) bond motifs is 8. The van der Waals surface area contributed by atoms with E-state index < -0.39 is 0 Å². The molecule has 0 unspecified atom stereocenters. The summed E-state index contributed by atoms with van der Waals surface area (Å²) >= 11 is 1.81. The van der Waals surface area contributed by atoms with Crippen LogP contribution in [0.3, 0.4) is 0 Å². The Morgan fingerprint density at radius 2 is 1.08 bits per heavy atom. The molecule has 0 spiro atoms. The van der Waals surface area contributed by atoms with E-state index in [0.717, 1.165) is 22.4 Å². The number of para-hydroxylation sites is 1. The first kappa shape index (κ1) is 27.0. The van der Waals surface area contributed by atoms with Crippen LogP contribution in [-0.2, 0) is 0 Å². The minimum atomic E-state index is 0.664. The molecule has 5 heteroatoms. The highest BCUT2D eigenvalue weighted by atomic mass is 32.1. The third-order valence-corrected chi connectivity index (χ3v) is 10.4. The van der Waals surface area contributed by atoms with Gasteiger partial charge in [0, 0.05) is 53.3 Å². The molecule has 0 atom stereocenters. The van der Waals surface area contributed by atoms with Crippen LogP contribution in [0.4, 0.5) is 0 Å². The summed E-state index contributed by atoms with van der Waals surface area (Å²) in [6.45, 7) is 0. The Kier molecular flexibility index (Phi) is 6.01. The largest absolute Gasteiger partial charge is 0.309 e. The zero-order valence-electron chi connectivity index (χ0n) is 25.7. The van der Waals surface area contributed by atoms with Crippen LogP contribution in [0, 0.1) is 0 Å². The fourth-order valence-corrected chi connectivity index (χ4v) is 8.25. The molecule has 10 rings (SSSR count). The second-order valence-electron chi connectivity index (χ2n) is 12.0. The van der Waals surface area contributed by atoms with E-state index in [1.807, 2.05) is 72.0 Å². The van der Waals surface area contributed by atoms with Gasteiger partial charge in [0.2, 0.25) is 0 Å². The molecule has 7 aromatic carbocycles. The van der Waals surface area contributed by atoms with Crippen molar-refractivity contribution in [2.24, 2.45) is 0 Å². The van der Waals surface area contributed by atoms with Crippen LogP contribution in [0.25, 0.3) is 92.6 Å². The molecule has 0 aliphatic carbocycles. The molecule has 3 heterocycles. The van der Waals surface area contributed by atoms with Gasteiger partial charge in [-0.2, -0.15) is 0 Å². The highest BCUT2D eigenvalue weighted by Crippen LogP contribution is 2.42. The lowest BCUT2D eigenvalue weighted by molar-refractivity contribution is 1.08. The Labute approximate surface area is 280 Å². The lowest BCUT2D eigenvalue weighted by Gasteiger charge is -2.10. The molecule has 0 aliphatic heterocycles. The van der Waals surface area contributed by atoms with Crippen molar-refractivity contribution in [2.75, 3.05) is 0 Å². The van der Waals surface area contributed by atoms with Crippen molar-refractivity contribution in [3.8, 4) is 39.9 Å². The summed E-state index contributed by atoms with van der Waals surface area (Å²) in [6.07, 6.45) is 0. The summed E-state index contributed by atoms with van der Waals surface area (Å²) in [5.41, 5.74) is 6.50. The Hall–Kier alpha value is -6.17. The Bertz CT molecular complexity index is 2780. The van der Waals surface area contributed by atoms with Crippen LogP contribution < -0.4 is 0 Å². The zero-order chi connectivity index (χ0) is 31.6. The maximum absolute atomic E-state index is 5.07. The molecule has 224 valence electrons. The van der Waals surface area contributed by atoms with Crippen molar-refractivity contribution >= 4 is 64.1 Å². The van der Waals surface area contributed by atoms with Gasteiger partial charge in [-0.1, -0.05) is 127 Å². The fourth-order valence-electron chi connectivity index (χ4n) is 7.09. The monoisotopic (exact) mass is 630 g/mol. The lowest BCUT2D eigenvalue weighted by Crippen LogP contribution is -2.00. The van der Waals surface area contributed by atoms with E-state index in [9.17, 15) is 0 Å². The number of benzene rings is 7. The van der Waals surface area contributed by atoms with E-state index in [0.29, 0.717) is 17.5 Å². The van der Waals surface area contributed by atoms with E-state index >= 15 is 0 Å². The first-order valence-electron chi connectivity index (χ1n) is 16.0. The Balaban J connectivity index is 1.19. The molecule has 0 aliphatic rings. The number of rotatable bonds is 4. The van der Waals surface area contributed by atoms with Gasteiger partial charge in [-0.05, 0) is 41.1 Å². The van der Waals surface area contributed by atoms with Crippen molar-refractivity contribution in [3.63, 3.8) is 0 Å². The molecule has 0 saturated heterocycles. The number of hydrogen-bond donors (Lipinski definition) is 0. The molecule has 0 amide bonds. The van der Waals surface area contributed by atoms with Gasteiger partial charge in [0.05, 0.1) is 11.0 Å². The van der Waals surface area contributed by atoms with Crippen LogP contribution >= 0.6 is 11.3 Å². The van der Waals surface area contributed by atoms with E-state index in [-0.39, 0.29) is 0 Å². The van der Waals surface area contributed by atoms with Crippen LogP contribution in [0.15, 0.2) is 158 Å². The van der Waals surface area contributed by atoms with Gasteiger partial charge in [-0.15, -0.1) is 11.3 Å². The van der Waals surface area contributed by atoms with Crippen molar-refractivity contribution < 1.29 is 0 Å². The third-order valence-electron chi connectivity index (χ3n) is 9.24. The Morgan fingerprint density at radius 1 is 0.417 bits per heavy atom. The third kappa shape index (κ3) is 4.18. The lowest BCUT2D eigenvalue weighted by atomic mass is 10.0. The molecule has 3 aromatic heterocycles. The molecule has 4 nitrogen and oxygen atoms in total. The maximum atomic E-state index is 5.07. The van der Waals surface area contributed by atoms with Crippen LogP contribution in [0.2, 0.25) is 0 Å². The van der Waals surface area contributed by atoms with E-state index in [1.165, 1.54) is 52.8 Å². The molecule has 0 saturated carbocycles. The standard InChI is InChI=1S/C43H26N4S/c1-3-13-28(14-4-1)41-44-42(29-15-5-2-6-16-29)46-43(45-41)34-19-11-21-37-40(34)33-24-23-30(26-38(33)48-37)47-35-20-10-9-18-32(35)39-31-17-8-7-12-27(31)22-25-36(39)47/h1-26H. The van der Waals surface area contributed by atoms with Gasteiger partial charge >= 0.3 is 0 Å². The summed E-state index contributed by atoms with van der Waals surface area (Å²) in [5, 5.41) is 7.45. The van der Waals surface area contributed by atoms with Crippen LogP contribution in [0.5, 0.6) is 0 Å². The van der Waals surface area contributed by atoms with E-state index in [4.69, 9.17) is 15.0 Å². The summed E-state index contributed by atoms with van der Waals surface area (Å²) < 4.78 is 4.84. The van der Waals surface area contributed by atoms with Gasteiger partial charge in [-0.25, -0.2) is 15.0 Å². The first-order valence-corrected chi connectivity index (χ1v) is 16.9. The molecule has 0 fully saturated rings. The maximum Gasteiger partial charge on any atom is 0.164 e. The topological polar surface area (TPSA) is 43.6 Å². The molecule has 10 aromatic rings. The van der Waals surface area contributed by atoms with Crippen molar-refractivity contribution in [1.29, 1.82) is 0 Å². The number of thiophene rings is 1. The minimum absolute atomic E-state index is 0.664. The average Bonchev–Trinajstić information content (AvgIpc) is 3.71. The molecule has 0 N–H and O–H groups in total. The highest BCUT2D eigenvalue weighted by Gasteiger charge is 2.19. The van der Waals surface area contributed by atoms with Gasteiger partial charge in [0.1, 0.15) is 0 Å². The van der Waals surface area contributed by atoms with Gasteiger partial charge in [0.25, 0.3) is 0 Å². The summed E-state index contributed by atoms with van der Waals surface area (Å²) in [6, 6.07) is 55.5. The fraction of sp³-hybridized carbons (Fsp3) is 0. The second kappa shape index (κ2) is 10.7. The molecule has 0 bridgehead atoms. The number of aromatic nitrogens is 4. The Morgan fingerprint density at radius 3 is 1.85 bits per heavy atom. The van der Waals surface area contributed by atoms with Gasteiger partial charge < -0.3 is 4.57 Å². The average molecular weight is 631 g/mol. The predicted octanol–water partition coefficient (Wildman–Crippen LogP) is 11.5. The SMILES string of the molecule is c1ccc(-c2nc(-c3ccccc3)nc(-c3cccc4sc5cc(-n6c7ccccc7c7c8ccccc8ccc76)ccc5c34)n2)cc1. The minimum Gasteiger partial charge on any atom is -0.309 e. The molecule has 48 heavy (non-hydrogen) atoms. The van der Waals surface area contributed by atoms with Crippen molar-refractivity contribution in [3.05, 3.63) is 158 Å². The molecular formula is C43H26N4S. The highest BCUT2D eigenvalue weighted by molar-refractivity contribution is 7.26. The van der Waals surface area contributed by atoms with Crippen LogP contribution in [-0.4, -0.2) is 19.5 Å². The van der Waals surface area contributed by atoms with Gasteiger partial charge in [-0.3, -0.25) is 0 Å². The smallest absolute Gasteiger partial charge is 0.164 e. The summed E-state index contributed by atoms with van der Waals surface area (Å²) in [5.74, 6) is 2.00. The number of hydrogen-bond acceptors (Lipinski definition) is 4. The summed E-state index contributed by atoms with van der Waals surface area (Å²) in [7, 11) is 0. The summed E-state index contributed by atoms with van der Waals surface area (Å²) in [4.78, 5) is 15.0. The normalized spacial score (nSPS) is 11.8. The quantitative estimate of drug-likeness (QED) is 0.194. The second-order valence-corrected chi connectivity index (χ2v) is 13.1. The molecular weight excluding hydrogens is 605 g/mol. The van der Waals surface area contributed by atoms with Crippen LogP contribution in [0.1, 0.15) is 0 Å². The first-order chi connectivity index (χ1) is 23.8. The van der Waals surface area contributed by atoms with Crippen molar-refractivity contribution in [2.45, 2.75) is 0 Å². The number of nitrogens with zero attached hydrogens (tertiary/aromatic N) is 4. The van der Waals surface area contributed by atoms with Crippen molar-refractivity contribution in [1.82, 2.24) is 19.5 Å². The van der Waals surface area contributed by atoms with E-state index in [1.54, 1.807) is 0 Å². The molecule has 0 radical (unpaired) electrons.